The second-order valence-electron chi connectivity index (χ2n) is 4.72. The summed E-state index contributed by atoms with van der Waals surface area (Å²) in [5.41, 5.74) is 0.0691. The van der Waals surface area contributed by atoms with Crippen LogP contribution in [0.3, 0.4) is 0 Å². The molecule has 0 aliphatic rings. The Bertz CT molecular complexity index is 561. The molecule has 2 atom stereocenters. The first-order valence-corrected chi connectivity index (χ1v) is 6.61. The number of amides is 1. The van der Waals surface area contributed by atoms with Crippen LogP contribution in [0.25, 0.3) is 0 Å². The van der Waals surface area contributed by atoms with Crippen molar-refractivity contribution < 1.29 is 28.2 Å². The van der Waals surface area contributed by atoms with Crippen LogP contribution in [0.1, 0.15) is 23.7 Å². The Morgan fingerprint density at radius 1 is 1.18 bits per heavy atom. The molecule has 1 amide bonds. The molecule has 0 unspecified atom stereocenters. The lowest BCUT2D eigenvalue weighted by atomic mass is 10.0. The number of nitrogens with one attached hydrogen (secondary N) is 1. The van der Waals surface area contributed by atoms with Gasteiger partial charge in [-0.1, -0.05) is 13.0 Å². The molecule has 0 saturated carbocycles. The molecule has 1 aromatic rings. The third-order valence-electron chi connectivity index (χ3n) is 3.07. The van der Waals surface area contributed by atoms with Crippen LogP contribution in [0.4, 0.5) is 4.39 Å². The number of hydrogen-bond acceptors (Lipinski definition) is 5. The van der Waals surface area contributed by atoms with Crippen molar-refractivity contribution in [3.05, 3.63) is 35.6 Å². The molecule has 0 saturated heterocycles. The minimum Gasteiger partial charge on any atom is -0.469 e. The maximum absolute atomic E-state index is 13.1. The van der Waals surface area contributed by atoms with Crippen LogP contribution in [0.15, 0.2) is 24.3 Å². The second kappa shape index (κ2) is 8.11. The summed E-state index contributed by atoms with van der Waals surface area (Å²) in [6.45, 7) is 1.57. The molecule has 0 radical (unpaired) electrons. The number of halogens is 1. The van der Waals surface area contributed by atoms with Crippen LogP contribution in [-0.2, 0) is 19.1 Å². The minimum absolute atomic E-state index is 0.0143. The molecule has 0 aromatic heterocycles. The molecule has 1 rings (SSSR count). The molecule has 1 N–H and O–H groups in total. The lowest BCUT2D eigenvalue weighted by Crippen LogP contribution is -2.43. The minimum atomic E-state index is -1.03. The third kappa shape index (κ3) is 4.83. The van der Waals surface area contributed by atoms with Crippen molar-refractivity contribution in [3.63, 3.8) is 0 Å². The van der Waals surface area contributed by atoms with Crippen molar-refractivity contribution >= 4 is 17.8 Å². The molecule has 6 nitrogen and oxygen atoms in total. The van der Waals surface area contributed by atoms with E-state index >= 15 is 0 Å². The lowest BCUT2D eigenvalue weighted by molar-refractivity contribution is -0.147. The normalized spacial score (nSPS) is 12.9. The van der Waals surface area contributed by atoms with Crippen molar-refractivity contribution in [2.75, 3.05) is 14.2 Å². The van der Waals surface area contributed by atoms with Crippen LogP contribution < -0.4 is 5.32 Å². The first kappa shape index (κ1) is 17.6. The van der Waals surface area contributed by atoms with E-state index in [1.54, 1.807) is 6.92 Å². The van der Waals surface area contributed by atoms with Crippen molar-refractivity contribution in [2.24, 2.45) is 5.92 Å². The van der Waals surface area contributed by atoms with E-state index in [1.165, 1.54) is 32.4 Å². The van der Waals surface area contributed by atoms with Crippen LogP contribution in [0, 0.1) is 11.7 Å². The Morgan fingerprint density at radius 3 is 2.36 bits per heavy atom. The van der Waals surface area contributed by atoms with Crippen LogP contribution in [0.2, 0.25) is 0 Å². The Labute approximate surface area is 127 Å². The quantitative estimate of drug-likeness (QED) is 0.801. The van der Waals surface area contributed by atoms with Gasteiger partial charge in [-0.2, -0.15) is 0 Å². The average molecular weight is 311 g/mol. The van der Waals surface area contributed by atoms with E-state index < -0.39 is 35.6 Å². The Kier molecular flexibility index (Phi) is 6.49. The van der Waals surface area contributed by atoms with Crippen LogP contribution in [0.5, 0.6) is 0 Å². The summed E-state index contributed by atoms with van der Waals surface area (Å²) in [5, 5.41) is 2.43. The van der Waals surface area contributed by atoms with Gasteiger partial charge in [0.15, 0.2) is 0 Å². The van der Waals surface area contributed by atoms with Gasteiger partial charge in [0, 0.05) is 5.56 Å². The van der Waals surface area contributed by atoms with E-state index in [0.29, 0.717) is 0 Å². The highest BCUT2D eigenvalue weighted by Gasteiger charge is 2.27. The zero-order valence-electron chi connectivity index (χ0n) is 12.6. The molecule has 22 heavy (non-hydrogen) atoms. The SMILES string of the molecule is COC(=O)[C@@H](C)C[C@@H](NC(=O)c1cccc(F)c1)C(=O)OC. The molecule has 7 heteroatoms. The molecule has 0 fully saturated rings. The van der Waals surface area contributed by atoms with E-state index in [-0.39, 0.29) is 12.0 Å². The number of hydrogen-bond donors (Lipinski definition) is 1. The molecule has 120 valence electrons. The third-order valence-corrected chi connectivity index (χ3v) is 3.07. The first-order chi connectivity index (χ1) is 10.4. The van der Waals surface area contributed by atoms with E-state index in [2.05, 4.69) is 14.8 Å². The van der Waals surface area contributed by atoms with E-state index in [4.69, 9.17) is 0 Å². The summed E-state index contributed by atoms with van der Waals surface area (Å²) in [7, 11) is 2.41. The highest BCUT2D eigenvalue weighted by molar-refractivity contribution is 5.96. The Morgan fingerprint density at radius 2 is 1.82 bits per heavy atom. The number of rotatable bonds is 6. The Hall–Kier alpha value is -2.44. The summed E-state index contributed by atoms with van der Waals surface area (Å²) >= 11 is 0. The fourth-order valence-corrected chi connectivity index (χ4v) is 1.88. The highest BCUT2D eigenvalue weighted by Crippen LogP contribution is 2.11. The maximum Gasteiger partial charge on any atom is 0.328 e. The van der Waals surface area contributed by atoms with E-state index in [1.807, 2.05) is 0 Å². The average Bonchev–Trinajstić information content (AvgIpc) is 2.52. The summed E-state index contributed by atoms with van der Waals surface area (Å²) in [6.07, 6.45) is 0.0143. The molecule has 0 spiro atoms. The van der Waals surface area contributed by atoms with Crippen LogP contribution >= 0.6 is 0 Å². The summed E-state index contributed by atoms with van der Waals surface area (Å²) in [5.74, 6) is -3.01. The number of carbonyl (C=O) groups excluding carboxylic acids is 3. The monoisotopic (exact) mass is 311 g/mol. The first-order valence-electron chi connectivity index (χ1n) is 6.61. The van der Waals surface area contributed by atoms with Gasteiger partial charge in [0.1, 0.15) is 11.9 Å². The van der Waals surface area contributed by atoms with Gasteiger partial charge in [0.2, 0.25) is 0 Å². The highest BCUT2D eigenvalue weighted by atomic mass is 19.1. The van der Waals surface area contributed by atoms with Gasteiger partial charge in [-0.15, -0.1) is 0 Å². The molecule has 1 aromatic carbocycles. The van der Waals surface area contributed by atoms with Gasteiger partial charge in [-0.25, -0.2) is 9.18 Å². The standard InChI is InChI=1S/C15H18FNO5/c1-9(14(19)21-2)7-12(15(20)22-3)17-13(18)10-5-4-6-11(16)8-10/h4-6,8-9,12H,7H2,1-3H3,(H,17,18)/t9-,12+/m0/s1. The fourth-order valence-electron chi connectivity index (χ4n) is 1.88. The molecule has 0 aliphatic heterocycles. The summed E-state index contributed by atoms with van der Waals surface area (Å²) in [6, 6.07) is 4.02. The van der Waals surface area contributed by atoms with E-state index in [9.17, 15) is 18.8 Å². The summed E-state index contributed by atoms with van der Waals surface area (Å²) in [4.78, 5) is 35.2. The van der Waals surface area contributed by atoms with Gasteiger partial charge < -0.3 is 14.8 Å². The number of ether oxygens (including phenoxy) is 2. The number of carbonyl (C=O) groups is 3. The molecule has 0 aliphatic carbocycles. The number of benzene rings is 1. The zero-order chi connectivity index (χ0) is 16.7. The van der Waals surface area contributed by atoms with Gasteiger partial charge in [-0.3, -0.25) is 9.59 Å². The van der Waals surface area contributed by atoms with Gasteiger partial charge in [0.25, 0.3) is 5.91 Å². The van der Waals surface area contributed by atoms with Crippen molar-refractivity contribution in [1.82, 2.24) is 5.32 Å². The molecular weight excluding hydrogens is 293 g/mol. The topological polar surface area (TPSA) is 81.7 Å². The van der Waals surface area contributed by atoms with Crippen molar-refractivity contribution in [3.8, 4) is 0 Å². The predicted octanol–water partition coefficient (Wildman–Crippen LogP) is 1.30. The number of methoxy groups -OCH3 is 2. The zero-order valence-corrected chi connectivity index (χ0v) is 12.6. The van der Waals surface area contributed by atoms with Crippen molar-refractivity contribution in [1.29, 1.82) is 0 Å². The molecule has 0 bridgehead atoms. The van der Waals surface area contributed by atoms with Gasteiger partial charge in [-0.05, 0) is 24.6 Å². The molecule has 0 heterocycles. The fraction of sp³-hybridized carbons (Fsp3) is 0.400. The van der Waals surface area contributed by atoms with Gasteiger partial charge in [0.05, 0.1) is 20.1 Å². The predicted molar refractivity (Wildman–Crippen MR) is 75.5 cm³/mol. The maximum atomic E-state index is 13.1. The molecular formula is C15H18FNO5. The largest absolute Gasteiger partial charge is 0.469 e. The Balaban J connectivity index is 2.83. The number of esters is 2. The smallest absolute Gasteiger partial charge is 0.328 e. The lowest BCUT2D eigenvalue weighted by Gasteiger charge is -2.19. The summed E-state index contributed by atoms with van der Waals surface area (Å²) < 4.78 is 22.3. The van der Waals surface area contributed by atoms with Gasteiger partial charge >= 0.3 is 11.9 Å². The van der Waals surface area contributed by atoms with E-state index in [0.717, 1.165) is 6.07 Å². The van der Waals surface area contributed by atoms with Crippen molar-refractivity contribution in [2.45, 2.75) is 19.4 Å². The van der Waals surface area contributed by atoms with Crippen LogP contribution in [-0.4, -0.2) is 38.1 Å². The second-order valence-corrected chi connectivity index (χ2v) is 4.72.